The Labute approximate surface area is 143 Å². The number of aromatic nitrogens is 2. The second kappa shape index (κ2) is 7.06. The third-order valence-electron chi connectivity index (χ3n) is 4.05. The number of hydrogen-bond donors (Lipinski definition) is 1. The molecule has 0 bridgehead atoms. The topological polar surface area (TPSA) is 98.4 Å². The third-order valence-corrected chi connectivity index (χ3v) is 4.73. The van der Waals surface area contributed by atoms with Crippen molar-refractivity contribution in [1.29, 1.82) is 0 Å². The summed E-state index contributed by atoms with van der Waals surface area (Å²) in [7, 11) is 0. The minimum atomic E-state index is -1.04. The first-order valence-corrected chi connectivity index (χ1v) is 8.58. The molecule has 2 N–H and O–H groups in total. The predicted octanol–water partition coefficient (Wildman–Crippen LogP) is 2.48. The van der Waals surface area contributed by atoms with Crippen molar-refractivity contribution in [2.75, 3.05) is 4.90 Å². The monoisotopic (exact) mass is 346 g/mol. The molecule has 1 aromatic heterocycles. The van der Waals surface area contributed by atoms with E-state index in [9.17, 15) is 9.59 Å². The fraction of sp³-hybridized carbons (Fsp3) is 0.375. The van der Waals surface area contributed by atoms with Crippen LogP contribution < -0.4 is 10.6 Å². The van der Waals surface area contributed by atoms with E-state index >= 15 is 0 Å². The predicted molar refractivity (Wildman–Crippen MR) is 89.4 cm³/mol. The minimum Gasteiger partial charge on any atom is -0.444 e. The van der Waals surface area contributed by atoms with Crippen LogP contribution >= 0.6 is 11.3 Å². The molecule has 2 amide bonds. The SMILES string of the molecule is NC1(C(=O)N(C(=O)OCc2ccccc2)c2nncs2)CCCC1. The molecule has 24 heavy (non-hydrogen) atoms. The quantitative estimate of drug-likeness (QED) is 0.913. The molecular weight excluding hydrogens is 328 g/mol. The van der Waals surface area contributed by atoms with Gasteiger partial charge >= 0.3 is 6.09 Å². The molecule has 0 aliphatic heterocycles. The maximum absolute atomic E-state index is 12.9. The van der Waals surface area contributed by atoms with Crippen LogP contribution in [0.25, 0.3) is 0 Å². The molecule has 0 atom stereocenters. The van der Waals surface area contributed by atoms with Crippen molar-refractivity contribution < 1.29 is 14.3 Å². The van der Waals surface area contributed by atoms with Gasteiger partial charge in [-0.05, 0) is 18.4 Å². The number of nitrogens with two attached hydrogens (primary N) is 1. The van der Waals surface area contributed by atoms with E-state index in [2.05, 4.69) is 10.2 Å². The molecule has 0 saturated heterocycles. The molecular formula is C16H18N4O3S. The second-order valence-electron chi connectivity index (χ2n) is 5.77. The van der Waals surface area contributed by atoms with Gasteiger partial charge in [-0.15, -0.1) is 10.2 Å². The third kappa shape index (κ3) is 3.44. The van der Waals surface area contributed by atoms with Crippen LogP contribution in [0.3, 0.4) is 0 Å². The Hall–Kier alpha value is -2.32. The largest absolute Gasteiger partial charge is 0.444 e. The number of carbonyl (C=O) groups is 2. The summed E-state index contributed by atoms with van der Waals surface area (Å²) in [5.74, 6) is -0.477. The molecule has 0 radical (unpaired) electrons. The number of anilines is 1. The van der Waals surface area contributed by atoms with Crippen molar-refractivity contribution in [3.63, 3.8) is 0 Å². The normalized spacial score (nSPS) is 15.9. The van der Waals surface area contributed by atoms with Crippen molar-refractivity contribution in [3.8, 4) is 0 Å². The van der Waals surface area contributed by atoms with Crippen LogP contribution in [0.4, 0.5) is 9.93 Å². The van der Waals surface area contributed by atoms with Gasteiger partial charge in [0.25, 0.3) is 5.91 Å². The van der Waals surface area contributed by atoms with E-state index in [1.54, 1.807) is 0 Å². The summed E-state index contributed by atoms with van der Waals surface area (Å²) in [6, 6.07) is 9.26. The minimum absolute atomic E-state index is 0.0693. The van der Waals surface area contributed by atoms with Crippen LogP contribution in [-0.2, 0) is 16.1 Å². The highest BCUT2D eigenvalue weighted by Crippen LogP contribution is 2.31. The summed E-state index contributed by atoms with van der Waals surface area (Å²) in [5.41, 5.74) is 7.46. The van der Waals surface area contributed by atoms with Gasteiger partial charge in [0.2, 0.25) is 5.13 Å². The molecule has 1 saturated carbocycles. The lowest BCUT2D eigenvalue weighted by Gasteiger charge is -2.27. The molecule has 126 valence electrons. The van der Waals surface area contributed by atoms with Gasteiger partial charge in [0, 0.05) is 0 Å². The number of hydrogen-bond acceptors (Lipinski definition) is 7. The fourth-order valence-corrected chi connectivity index (χ4v) is 3.28. The number of imide groups is 1. The lowest BCUT2D eigenvalue weighted by molar-refractivity contribution is -0.123. The number of ether oxygens (including phenoxy) is 1. The molecule has 3 rings (SSSR count). The number of amides is 2. The Kier molecular flexibility index (Phi) is 4.86. The van der Waals surface area contributed by atoms with E-state index in [0.717, 1.165) is 34.6 Å². The molecule has 0 unspecified atom stereocenters. The second-order valence-corrected chi connectivity index (χ2v) is 6.58. The van der Waals surface area contributed by atoms with Crippen LogP contribution in [0.2, 0.25) is 0 Å². The van der Waals surface area contributed by atoms with Crippen LogP contribution in [0, 0.1) is 0 Å². The molecule has 1 aliphatic carbocycles. The summed E-state index contributed by atoms with van der Waals surface area (Å²) in [5, 5.41) is 7.71. The van der Waals surface area contributed by atoms with Gasteiger partial charge in [0.15, 0.2) is 0 Å². The number of carbonyl (C=O) groups excluding carboxylic acids is 2. The van der Waals surface area contributed by atoms with E-state index in [1.165, 1.54) is 5.51 Å². The number of benzene rings is 1. The van der Waals surface area contributed by atoms with Crippen molar-refractivity contribution in [3.05, 3.63) is 41.4 Å². The highest BCUT2D eigenvalue weighted by Gasteiger charge is 2.44. The van der Waals surface area contributed by atoms with Crippen molar-refractivity contribution in [2.24, 2.45) is 5.73 Å². The molecule has 1 aliphatic rings. The van der Waals surface area contributed by atoms with Crippen LogP contribution in [-0.4, -0.2) is 27.7 Å². The Morgan fingerprint density at radius 3 is 2.58 bits per heavy atom. The Balaban J connectivity index is 1.77. The van der Waals surface area contributed by atoms with Gasteiger partial charge < -0.3 is 10.5 Å². The molecule has 1 fully saturated rings. The van der Waals surface area contributed by atoms with E-state index in [-0.39, 0.29) is 11.7 Å². The summed E-state index contributed by atoms with van der Waals surface area (Å²) in [4.78, 5) is 26.3. The summed E-state index contributed by atoms with van der Waals surface area (Å²) in [6.07, 6.45) is 2.05. The maximum atomic E-state index is 12.9. The highest BCUT2D eigenvalue weighted by molar-refractivity contribution is 7.13. The Morgan fingerprint density at radius 1 is 1.25 bits per heavy atom. The van der Waals surface area contributed by atoms with Crippen LogP contribution in [0.5, 0.6) is 0 Å². The summed E-state index contributed by atoms with van der Waals surface area (Å²) >= 11 is 1.09. The molecule has 1 aromatic carbocycles. The smallest absolute Gasteiger partial charge is 0.423 e. The first kappa shape index (κ1) is 16.5. The van der Waals surface area contributed by atoms with Crippen molar-refractivity contribution >= 4 is 28.5 Å². The van der Waals surface area contributed by atoms with Crippen molar-refractivity contribution in [2.45, 2.75) is 37.8 Å². The first-order chi connectivity index (χ1) is 11.6. The van der Waals surface area contributed by atoms with Gasteiger partial charge in [-0.3, -0.25) is 4.79 Å². The van der Waals surface area contributed by atoms with Gasteiger partial charge in [-0.2, -0.15) is 4.90 Å². The number of nitrogens with zero attached hydrogens (tertiary/aromatic N) is 3. The molecule has 7 nitrogen and oxygen atoms in total. The molecule has 8 heteroatoms. The fourth-order valence-electron chi connectivity index (χ4n) is 2.74. The lowest BCUT2D eigenvalue weighted by atomic mass is 9.97. The first-order valence-electron chi connectivity index (χ1n) is 7.70. The standard InChI is InChI=1S/C16H18N4O3S/c17-16(8-4-5-9-16)13(21)20(14-19-18-11-24-14)15(22)23-10-12-6-2-1-3-7-12/h1-3,6-7,11H,4-5,8-10,17H2. The van der Waals surface area contributed by atoms with Gasteiger partial charge in [0.1, 0.15) is 12.1 Å². The van der Waals surface area contributed by atoms with Crippen molar-refractivity contribution in [1.82, 2.24) is 10.2 Å². The zero-order chi connectivity index (χ0) is 17.0. The zero-order valence-electron chi connectivity index (χ0n) is 13.1. The lowest BCUT2D eigenvalue weighted by Crippen LogP contribution is -2.55. The van der Waals surface area contributed by atoms with E-state index in [1.807, 2.05) is 30.3 Å². The Morgan fingerprint density at radius 2 is 1.96 bits per heavy atom. The average molecular weight is 346 g/mol. The highest BCUT2D eigenvalue weighted by atomic mass is 32.1. The maximum Gasteiger partial charge on any atom is 0.423 e. The summed E-state index contributed by atoms with van der Waals surface area (Å²) in [6.45, 7) is 0.0693. The van der Waals surface area contributed by atoms with E-state index in [0.29, 0.717) is 12.8 Å². The Bertz CT molecular complexity index is 699. The van der Waals surface area contributed by atoms with Crippen LogP contribution in [0.15, 0.2) is 35.8 Å². The van der Waals surface area contributed by atoms with Gasteiger partial charge in [-0.25, -0.2) is 4.79 Å². The number of rotatable bonds is 4. The van der Waals surface area contributed by atoms with Gasteiger partial charge in [0.05, 0.1) is 5.54 Å². The zero-order valence-corrected chi connectivity index (χ0v) is 13.9. The molecule has 2 aromatic rings. The van der Waals surface area contributed by atoms with E-state index < -0.39 is 17.5 Å². The molecule has 0 spiro atoms. The average Bonchev–Trinajstić information content (AvgIpc) is 3.27. The molecule has 1 heterocycles. The summed E-state index contributed by atoms with van der Waals surface area (Å²) < 4.78 is 5.29. The van der Waals surface area contributed by atoms with E-state index in [4.69, 9.17) is 10.5 Å². The van der Waals surface area contributed by atoms with Crippen LogP contribution in [0.1, 0.15) is 31.2 Å². The van der Waals surface area contributed by atoms with Gasteiger partial charge in [-0.1, -0.05) is 54.5 Å².